The lowest BCUT2D eigenvalue weighted by Gasteiger charge is -2.15. The number of aromatic amines is 1. The van der Waals surface area contributed by atoms with Crippen molar-refractivity contribution < 1.29 is 14.1 Å². The lowest BCUT2D eigenvalue weighted by Crippen LogP contribution is -3.06. The van der Waals surface area contributed by atoms with Crippen molar-refractivity contribution in [2.75, 3.05) is 14.2 Å². The molecule has 0 saturated heterocycles. The molecule has 0 aliphatic carbocycles. The maximum Gasteiger partial charge on any atom is 0.260 e. The van der Waals surface area contributed by atoms with Gasteiger partial charge in [0, 0.05) is 21.5 Å². The third-order valence-electron chi connectivity index (χ3n) is 4.48. The van der Waals surface area contributed by atoms with Crippen molar-refractivity contribution in [2.45, 2.75) is 13.1 Å². The van der Waals surface area contributed by atoms with Crippen molar-refractivity contribution in [3.05, 3.63) is 68.7 Å². The van der Waals surface area contributed by atoms with Crippen molar-refractivity contribution in [1.82, 2.24) is 9.97 Å². The molecule has 0 radical (unpaired) electrons. The van der Waals surface area contributed by atoms with Crippen LogP contribution in [0.5, 0.6) is 5.75 Å². The molecule has 0 aliphatic rings. The Balaban J connectivity index is 1.59. The Bertz CT molecular complexity index is 1170. The minimum absolute atomic E-state index is 0.152. The van der Waals surface area contributed by atoms with Crippen LogP contribution in [0.25, 0.3) is 21.5 Å². The molecule has 1 aromatic carbocycles. The van der Waals surface area contributed by atoms with E-state index in [9.17, 15) is 4.79 Å². The molecule has 0 saturated carbocycles. The van der Waals surface area contributed by atoms with Crippen LogP contribution in [0.1, 0.15) is 11.4 Å². The number of aromatic nitrogens is 2. The zero-order valence-electron chi connectivity index (χ0n) is 15.4. The lowest BCUT2D eigenvalue weighted by molar-refractivity contribution is -0.908. The molecule has 0 amide bonds. The number of ether oxygens (including phenoxy) is 1. The number of rotatable bonds is 6. The number of benzene rings is 1. The first-order valence-corrected chi connectivity index (χ1v) is 9.99. The van der Waals surface area contributed by atoms with Crippen LogP contribution in [-0.4, -0.2) is 24.1 Å². The summed E-state index contributed by atoms with van der Waals surface area (Å²) in [5, 5.41) is 3.14. The van der Waals surface area contributed by atoms with E-state index in [2.05, 4.69) is 9.97 Å². The van der Waals surface area contributed by atoms with Gasteiger partial charge in [0.25, 0.3) is 5.56 Å². The number of quaternary nitrogens is 1. The highest BCUT2D eigenvalue weighted by Gasteiger charge is 2.17. The van der Waals surface area contributed by atoms with Gasteiger partial charge in [-0.1, -0.05) is 11.6 Å². The molecule has 3 heterocycles. The second-order valence-corrected chi connectivity index (χ2v) is 7.88. The van der Waals surface area contributed by atoms with E-state index in [1.54, 1.807) is 25.5 Å². The molecule has 1 unspecified atom stereocenters. The van der Waals surface area contributed by atoms with Crippen molar-refractivity contribution in [2.24, 2.45) is 0 Å². The Morgan fingerprint density at radius 2 is 2.18 bits per heavy atom. The van der Waals surface area contributed by atoms with Gasteiger partial charge >= 0.3 is 0 Å². The quantitative estimate of drug-likeness (QED) is 0.506. The van der Waals surface area contributed by atoms with Crippen molar-refractivity contribution in [1.29, 1.82) is 0 Å². The van der Waals surface area contributed by atoms with Crippen molar-refractivity contribution >= 4 is 33.2 Å². The highest BCUT2D eigenvalue weighted by atomic mass is 35.5. The molecule has 6 nitrogen and oxygen atoms in total. The van der Waals surface area contributed by atoms with Crippen LogP contribution in [0.2, 0.25) is 5.02 Å². The largest absolute Gasteiger partial charge is 0.496 e. The molecule has 2 N–H and O–H groups in total. The minimum atomic E-state index is -0.152. The monoisotopic (exact) mass is 416 g/mol. The highest BCUT2D eigenvalue weighted by Crippen LogP contribution is 2.30. The number of H-pyrrole nitrogens is 1. The van der Waals surface area contributed by atoms with Gasteiger partial charge < -0.3 is 19.0 Å². The highest BCUT2D eigenvalue weighted by molar-refractivity contribution is 7.17. The number of methoxy groups -OCH3 is 1. The van der Waals surface area contributed by atoms with Crippen molar-refractivity contribution in [3.63, 3.8) is 0 Å². The van der Waals surface area contributed by atoms with Crippen LogP contribution in [-0.2, 0) is 13.1 Å². The molecule has 4 aromatic rings. The number of halogens is 1. The molecule has 4 rings (SSSR count). The van der Waals surface area contributed by atoms with Crippen LogP contribution >= 0.6 is 22.9 Å². The molecule has 0 spiro atoms. The number of fused-ring (bicyclic) bond motifs is 1. The molecule has 144 valence electrons. The van der Waals surface area contributed by atoms with Gasteiger partial charge in [0.1, 0.15) is 29.4 Å². The summed E-state index contributed by atoms with van der Waals surface area (Å²) in [5.41, 5.74) is 1.63. The Morgan fingerprint density at radius 1 is 1.32 bits per heavy atom. The number of nitrogens with zero attached hydrogens (tertiary/aromatic N) is 1. The van der Waals surface area contributed by atoms with Crippen LogP contribution in [0.3, 0.4) is 0 Å². The maximum absolute atomic E-state index is 12.7. The van der Waals surface area contributed by atoms with E-state index in [1.165, 1.54) is 11.3 Å². The van der Waals surface area contributed by atoms with E-state index in [4.69, 9.17) is 20.8 Å². The third kappa shape index (κ3) is 3.69. The SMILES string of the molecule is COc1ccc(Cl)cc1C[NH+](C)Cc1nc2scc(-c3ccco3)c2c(=O)[nH]1. The van der Waals surface area contributed by atoms with E-state index in [1.807, 2.05) is 30.6 Å². The van der Waals surface area contributed by atoms with Crippen LogP contribution in [0.15, 0.2) is 51.2 Å². The van der Waals surface area contributed by atoms with E-state index < -0.39 is 0 Å². The fourth-order valence-electron chi connectivity index (χ4n) is 3.25. The fraction of sp³-hybridized carbons (Fsp3) is 0.200. The summed E-state index contributed by atoms with van der Waals surface area (Å²) in [6.45, 7) is 1.25. The summed E-state index contributed by atoms with van der Waals surface area (Å²) in [4.78, 5) is 22.1. The molecular weight excluding hydrogens is 398 g/mol. The second-order valence-electron chi connectivity index (χ2n) is 6.59. The summed E-state index contributed by atoms with van der Waals surface area (Å²) in [6.07, 6.45) is 1.59. The van der Waals surface area contributed by atoms with Gasteiger partial charge in [0.15, 0.2) is 5.82 Å². The maximum atomic E-state index is 12.7. The van der Waals surface area contributed by atoms with E-state index >= 15 is 0 Å². The molecule has 1 atom stereocenters. The predicted molar refractivity (Wildman–Crippen MR) is 110 cm³/mol. The molecule has 8 heteroatoms. The average Bonchev–Trinajstić information content (AvgIpc) is 3.31. The minimum Gasteiger partial charge on any atom is -0.496 e. The predicted octanol–water partition coefficient (Wildman–Crippen LogP) is 3.12. The first-order valence-electron chi connectivity index (χ1n) is 8.73. The topological polar surface area (TPSA) is 72.6 Å². The summed E-state index contributed by atoms with van der Waals surface area (Å²) >= 11 is 7.56. The van der Waals surface area contributed by atoms with Crippen molar-refractivity contribution in [3.8, 4) is 17.1 Å². The van der Waals surface area contributed by atoms with Gasteiger partial charge in [-0.05, 0) is 30.3 Å². The van der Waals surface area contributed by atoms with Gasteiger partial charge in [-0.25, -0.2) is 4.98 Å². The molecule has 0 fully saturated rings. The van der Waals surface area contributed by atoms with E-state index in [-0.39, 0.29) is 5.56 Å². The first kappa shape index (κ1) is 18.7. The first-order chi connectivity index (χ1) is 13.5. The average molecular weight is 417 g/mol. The summed E-state index contributed by atoms with van der Waals surface area (Å²) in [5.74, 6) is 2.10. The molecule has 28 heavy (non-hydrogen) atoms. The van der Waals surface area contributed by atoms with Crippen LogP contribution in [0.4, 0.5) is 0 Å². The Morgan fingerprint density at radius 3 is 2.93 bits per heavy atom. The number of hydrogen-bond donors (Lipinski definition) is 2. The van der Waals surface area contributed by atoms with E-state index in [0.29, 0.717) is 39.9 Å². The summed E-state index contributed by atoms with van der Waals surface area (Å²) in [7, 11) is 3.68. The van der Waals surface area contributed by atoms with Crippen LogP contribution in [0, 0.1) is 0 Å². The van der Waals surface area contributed by atoms with E-state index in [0.717, 1.165) is 21.8 Å². The van der Waals surface area contributed by atoms with Gasteiger partial charge in [-0.2, -0.15) is 0 Å². The number of furan rings is 1. The summed E-state index contributed by atoms with van der Waals surface area (Å²) < 4.78 is 10.8. The number of thiophene rings is 1. The van der Waals surface area contributed by atoms with Crippen LogP contribution < -0.4 is 15.2 Å². The van der Waals surface area contributed by atoms with Gasteiger partial charge in [0.2, 0.25) is 0 Å². The zero-order chi connectivity index (χ0) is 19.7. The normalized spacial score (nSPS) is 12.4. The zero-order valence-corrected chi connectivity index (χ0v) is 17.0. The number of hydrogen-bond acceptors (Lipinski definition) is 5. The molecule has 0 aliphatic heterocycles. The lowest BCUT2D eigenvalue weighted by atomic mass is 10.2. The summed E-state index contributed by atoms with van der Waals surface area (Å²) in [6, 6.07) is 9.21. The standard InChI is InChI=1S/C20H18ClN3O3S/c1-24(9-12-8-13(21)5-6-15(12)26-2)10-17-22-19(25)18-14(11-28-20(18)23-17)16-4-3-7-27-16/h3-8,11H,9-10H2,1-2H3,(H,22,23,25)/p+1. The smallest absolute Gasteiger partial charge is 0.260 e. The second kappa shape index (κ2) is 7.79. The number of nitrogens with one attached hydrogen (secondary N) is 2. The Kier molecular flexibility index (Phi) is 5.21. The molecule has 3 aromatic heterocycles. The molecular formula is C20H19ClN3O3S+. The Hall–Kier alpha value is -2.61. The van der Waals surface area contributed by atoms with Gasteiger partial charge in [-0.15, -0.1) is 11.3 Å². The Labute approximate surface area is 170 Å². The van der Waals surface area contributed by atoms with Gasteiger partial charge in [0.05, 0.1) is 25.8 Å². The molecule has 0 bridgehead atoms. The fourth-order valence-corrected chi connectivity index (χ4v) is 4.39. The third-order valence-corrected chi connectivity index (χ3v) is 5.59. The van der Waals surface area contributed by atoms with Gasteiger partial charge in [-0.3, -0.25) is 4.79 Å².